The van der Waals surface area contributed by atoms with E-state index >= 15 is 0 Å². The van der Waals surface area contributed by atoms with Gasteiger partial charge in [0.25, 0.3) is 5.91 Å². The number of benzene rings is 1. The summed E-state index contributed by atoms with van der Waals surface area (Å²) in [6.45, 7) is 0.512. The van der Waals surface area contributed by atoms with Gasteiger partial charge < -0.3 is 20.6 Å². The van der Waals surface area contributed by atoms with Crippen LogP contribution in [0.1, 0.15) is 11.6 Å². The van der Waals surface area contributed by atoms with E-state index in [9.17, 15) is 9.59 Å². The Hall–Kier alpha value is -2.34. The Labute approximate surface area is 116 Å². The third kappa shape index (κ3) is 2.04. The van der Waals surface area contributed by atoms with Crippen molar-refractivity contribution in [2.45, 2.75) is 6.04 Å². The van der Waals surface area contributed by atoms with Crippen molar-refractivity contribution in [2.75, 3.05) is 19.7 Å². The third-order valence-electron chi connectivity index (χ3n) is 3.52. The van der Waals surface area contributed by atoms with Crippen LogP contribution < -0.4 is 10.6 Å². The number of nitrogens with one attached hydrogen (secondary N) is 2. The van der Waals surface area contributed by atoms with Crippen LogP contribution >= 0.6 is 0 Å². The van der Waals surface area contributed by atoms with Gasteiger partial charge in [0, 0.05) is 6.54 Å². The van der Waals surface area contributed by atoms with Crippen LogP contribution in [0.15, 0.2) is 41.6 Å². The molecule has 1 atom stereocenters. The zero-order valence-electron chi connectivity index (χ0n) is 10.8. The summed E-state index contributed by atoms with van der Waals surface area (Å²) in [5, 5.41) is 14.5. The van der Waals surface area contributed by atoms with Crippen molar-refractivity contribution >= 4 is 11.9 Å². The van der Waals surface area contributed by atoms with Crippen molar-refractivity contribution in [1.82, 2.24) is 15.5 Å². The maximum atomic E-state index is 12.4. The van der Waals surface area contributed by atoms with Crippen molar-refractivity contribution in [3.63, 3.8) is 0 Å². The summed E-state index contributed by atoms with van der Waals surface area (Å²) in [6, 6.07) is 8.64. The molecule has 3 rings (SSSR count). The summed E-state index contributed by atoms with van der Waals surface area (Å²) in [5.41, 5.74) is 2.05. The van der Waals surface area contributed by atoms with Gasteiger partial charge in [-0.25, -0.2) is 4.79 Å². The number of nitrogens with zero attached hydrogens (tertiary/aromatic N) is 1. The van der Waals surface area contributed by atoms with E-state index < -0.39 is 6.04 Å². The predicted molar refractivity (Wildman–Crippen MR) is 71.5 cm³/mol. The second-order valence-corrected chi connectivity index (χ2v) is 4.78. The highest BCUT2D eigenvalue weighted by Crippen LogP contribution is 2.31. The minimum Gasteiger partial charge on any atom is -0.395 e. The average molecular weight is 273 g/mol. The Kier molecular flexibility index (Phi) is 3.15. The molecule has 6 nitrogen and oxygen atoms in total. The second kappa shape index (κ2) is 4.97. The first kappa shape index (κ1) is 12.7. The summed E-state index contributed by atoms with van der Waals surface area (Å²) in [5.74, 6) is -0.143. The molecule has 2 aliphatic heterocycles. The van der Waals surface area contributed by atoms with Gasteiger partial charge in [0.05, 0.1) is 30.5 Å². The quantitative estimate of drug-likeness (QED) is 0.732. The number of β-amino-alcohol motifs (C(OH)–C–C–N with tert-alkyl or cyclic N) is 1. The lowest BCUT2D eigenvalue weighted by molar-refractivity contribution is -0.126. The van der Waals surface area contributed by atoms with Crippen LogP contribution in [0.5, 0.6) is 0 Å². The van der Waals surface area contributed by atoms with Gasteiger partial charge in [-0.2, -0.15) is 0 Å². The number of urea groups is 1. The number of amides is 3. The van der Waals surface area contributed by atoms with E-state index in [-0.39, 0.29) is 25.1 Å². The lowest BCUT2D eigenvalue weighted by Crippen LogP contribution is -2.44. The summed E-state index contributed by atoms with van der Waals surface area (Å²) in [4.78, 5) is 25.6. The first-order chi connectivity index (χ1) is 9.70. The van der Waals surface area contributed by atoms with E-state index in [2.05, 4.69) is 10.6 Å². The maximum Gasteiger partial charge on any atom is 0.319 e. The van der Waals surface area contributed by atoms with Crippen molar-refractivity contribution in [1.29, 1.82) is 0 Å². The van der Waals surface area contributed by atoms with Crippen molar-refractivity contribution in [3.8, 4) is 0 Å². The lowest BCUT2D eigenvalue weighted by atomic mass is 9.96. The fraction of sp³-hybridized carbons (Fsp3) is 0.286. The fourth-order valence-corrected chi connectivity index (χ4v) is 2.63. The molecule has 0 aromatic heterocycles. The summed E-state index contributed by atoms with van der Waals surface area (Å²) in [6.07, 6.45) is 0. The number of carbonyl (C=O) groups excluding carboxylic acids is 2. The van der Waals surface area contributed by atoms with Crippen molar-refractivity contribution in [3.05, 3.63) is 47.2 Å². The van der Waals surface area contributed by atoms with Crippen molar-refractivity contribution in [2.24, 2.45) is 0 Å². The Balaban J connectivity index is 1.97. The van der Waals surface area contributed by atoms with E-state index in [1.165, 1.54) is 4.90 Å². The zero-order chi connectivity index (χ0) is 14.1. The SMILES string of the molecule is O=C1NC2=C(C(=O)N(CCO)C2)[C@H](c2ccccc2)N1. The zero-order valence-corrected chi connectivity index (χ0v) is 10.8. The number of aliphatic hydroxyl groups excluding tert-OH is 1. The Bertz CT molecular complexity index is 583. The van der Waals surface area contributed by atoms with Crippen LogP contribution in [0.25, 0.3) is 0 Å². The van der Waals surface area contributed by atoms with E-state index in [4.69, 9.17) is 5.11 Å². The van der Waals surface area contributed by atoms with E-state index in [1.54, 1.807) is 0 Å². The molecule has 0 fully saturated rings. The molecular weight excluding hydrogens is 258 g/mol. The molecule has 0 saturated heterocycles. The van der Waals surface area contributed by atoms with Gasteiger partial charge in [0.15, 0.2) is 0 Å². The largest absolute Gasteiger partial charge is 0.395 e. The standard InChI is InChI=1S/C14H15N3O3/c18-7-6-17-8-10-11(13(17)19)12(16-14(20)15-10)9-4-2-1-3-5-9/h1-5,12,18H,6-8H2,(H2,15,16,20)/t12-/m0/s1. The van der Waals surface area contributed by atoms with Crippen LogP contribution in [0, 0.1) is 0 Å². The average Bonchev–Trinajstić information content (AvgIpc) is 2.76. The molecule has 0 saturated carbocycles. The van der Waals surface area contributed by atoms with Gasteiger partial charge in [0.2, 0.25) is 0 Å². The highest BCUT2D eigenvalue weighted by Gasteiger charge is 2.39. The van der Waals surface area contributed by atoms with Gasteiger partial charge in [-0.15, -0.1) is 0 Å². The first-order valence-corrected chi connectivity index (χ1v) is 6.46. The van der Waals surface area contributed by atoms with Gasteiger partial charge >= 0.3 is 6.03 Å². The summed E-state index contributed by atoms with van der Waals surface area (Å²) >= 11 is 0. The normalized spacial score (nSPS) is 21.6. The van der Waals surface area contributed by atoms with E-state index in [0.29, 0.717) is 17.8 Å². The topological polar surface area (TPSA) is 81.7 Å². The number of hydrogen-bond donors (Lipinski definition) is 3. The van der Waals surface area contributed by atoms with Crippen LogP contribution in [-0.4, -0.2) is 41.6 Å². The van der Waals surface area contributed by atoms with Gasteiger partial charge in [-0.05, 0) is 5.56 Å². The summed E-state index contributed by atoms with van der Waals surface area (Å²) < 4.78 is 0. The molecule has 104 valence electrons. The van der Waals surface area contributed by atoms with Crippen LogP contribution in [0.3, 0.4) is 0 Å². The Morgan fingerprint density at radius 3 is 2.70 bits per heavy atom. The molecule has 20 heavy (non-hydrogen) atoms. The molecule has 0 radical (unpaired) electrons. The maximum absolute atomic E-state index is 12.4. The second-order valence-electron chi connectivity index (χ2n) is 4.78. The number of aliphatic hydroxyl groups is 1. The molecule has 2 aliphatic rings. The molecule has 1 aromatic carbocycles. The highest BCUT2D eigenvalue weighted by atomic mass is 16.3. The molecular formula is C14H15N3O3. The smallest absolute Gasteiger partial charge is 0.319 e. The Morgan fingerprint density at radius 2 is 2.00 bits per heavy atom. The first-order valence-electron chi connectivity index (χ1n) is 6.46. The molecule has 0 spiro atoms. The summed E-state index contributed by atoms with van der Waals surface area (Å²) in [7, 11) is 0. The number of hydrogen-bond acceptors (Lipinski definition) is 3. The van der Waals surface area contributed by atoms with E-state index in [0.717, 1.165) is 5.56 Å². The minimum atomic E-state index is -0.434. The fourth-order valence-electron chi connectivity index (χ4n) is 2.63. The van der Waals surface area contributed by atoms with E-state index in [1.807, 2.05) is 30.3 Å². The Morgan fingerprint density at radius 1 is 1.25 bits per heavy atom. The molecule has 1 aromatic rings. The van der Waals surface area contributed by atoms with Gasteiger partial charge in [-0.1, -0.05) is 30.3 Å². The minimum absolute atomic E-state index is 0.0936. The molecule has 3 amide bonds. The highest BCUT2D eigenvalue weighted by molar-refractivity contribution is 6.01. The van der Waals surface area contributed by atoms with Gasteiger partial charge in [-0.3, -0.25) is 4.79 Å². The molecule has 0 bridgehead atoms. The molecule has 0 unspecified atom stereocenters. The van der Waals surface area contributed by atoms with Crippen LogP contribution in [0.2, 0.25) is 0 Å². The van der Waals surface area contributed by atoms with Crippen LogP contribution in [0.4, 0.5) is 4.79 Å². The third-order valence-corrected chi connectivity index (χ3v) is 3.52. The number of rotatable bonds is 3. The molecule has 6 heteroatoms. The molecule has 3 N–H and O–H groups in total. The van der Waals surface area contributed by atoms with Crippen molar-refractivity contribution < 1.29 is 14.7 Å². The molecule has 0 aliphatic carbocycles. The monoisotopic (exact) mass is 273 g/mol. The molecule has 2 heterocycles. The lowest BCUT2D eigenvalue weighted by Gasteiger charge is -2.25. The number of carbonyl (C=O) groups is 2. The predicted octanol–water partition coefficient (Wildman–Crippen LogP) is 0.129. The van der Waals surface area contributed by atoms with Gasteiger partial charge in [0.1, 0.15) is 0 Å². The van der Waals surface area contributed by atoms with Crippen LogP contribution in [-0.2, 0) is 4.79 Å².